The maximum absolute atomic E-state index is 10.6. The lowest BCUT2D eigenvalue weighted by Crippen LogP contribution is -2.05. The fraction of sp³-hybridized carbons (Fsp3) is 0.0400. The Bertz CT molecular complexity index is 2970. The molecule has 8 heteroatoms. The highest BCUT2D eigenvalue weighted by molar-refractivity contribution is 6.15. The van der Waals surface area contributed by atoms with Gasteiger partial charge in [0.15, 0.2) is 17.3 Å². The van der Waals surface area contributed by atoms with Gasteiger partial charge >= 0.3 is 0 Å². The molecular formula is C50H39N3O5. The molecule has 0 saturated carbocycles. The second kappa shape index (κ2) is 15.0. The normalized spacial score (nSPS) is 12.0. The smallest absolute Gasteiger partial charge is 0.208 e. The predicted octanol–water partition coefficient (Wildman–Crippen LogP) is 11.5. The van der Waals surface area contributed by atoms with Gasteiger partial charge in [0.1, 0.15) is 0 Å². The summed E-state index contributed by atoms with van der Waals surface area (Å²) in [5, 5.41) is 53.9. The minimum absolute atomic E-state index is 0.00398. The lowest BCUT2D eigenvalue weighted by Gasteiger charge is -2.16. The summed E-state index contributed by atoms with van der Waals surface area (Å²) in [6.45, 7) is 12.1. The van der Waals surface area contributed by atoms with Gasteiger partial charge in [-0.1, -0.05) is 128 Å². The van der Waals surface area contributed by atoms with Crippen LogP contribution in [0.3, 0.4) is 0 Å². The molecule has 0 spiro atoms. The van der Waals surface area contributed by atoms with Crippen LogP contribution in [0.15, 0.2) is 163 Å². The van der Waals surface area contributed by atoms with Crippen LogP contribution in [0.1, 0.15) is 34.7 Å². The summed E-state index contributed by atoms with van der Waals surface area (Å²) >= 11 is 0. The Kier molecular flexibility index (Phi) is 9.60. The number of aromatic nitrogens is 1. The number of para-hydroxylation sites is 1. The maximum atomic E-state index is 10.6. The zero-order valence-corrected chi connectivity index (χ0v) is 31.8. The van der Waals surface area contributed by atoms with Crippen molar-refractivity contribution in [2.75, 3.05) is 0 Å². The van der Waals surface area contributed by atoms with Crippen molar-refractivity contribution >= 4 is 45.1 Å². The lowest BCUT2D eigenvalue weighted by atomic mass is 9.91. The number of fused-ring (bicyclic) bond motifs is 3. The van der Waals surface area contributed by atoms with Gasteiger partial charge in [-0.15, -0.1) is 0 Å². The average Bonchev–Trinajstić information content (AvgIpc) is 3.58. The van der Waals surface area contributed by atoms with E-state index in [4.69, 9.17) is 4.99 Å². The summed E-state index contributed by atoms with van der Waals surface area (Å²) < 4.78 is 2.31. The number of nitrogens with zero attached hydrogens (tertiary/aromatic N) is 3. The molecule has 8 rings (SSSR count). The Morgan fingerprint density at radius 1 is 0.586 bits per heavy atom. The molecule has 0 unspecified atom stereocenters. The summed E-state index contributed by atoms with van der Waals surface area (Å²) in [5.74, 6) is -4.56. The Hall–Kier alpha value is -7.84. The topological polar surface area (TPSA) is 131 Å². The van der Waals surface area contributed by atoms with Gasteiger partial charge in [0, 0.05) is 27.6 Å². The first-order chi connectivity index (χ1) is 28.1. The van der Waals surface area contributed by atoms with Gasteiger partial charge < -0.3 is 30.1 Å². The molecule has 0 bridgehead atoms. The SMILES string of the molecule is C=Cc1c(C(=C)N=C(N=C(C)c2c(O)c(O)c(O)c(O)c2O)c2ccccc2)cccc1-c1ccc(-n2c3ccccc3c3cc(-c4ccccc4)ccc32)cc1C. The van der Waals surface area contributed by atoms with Crippen LogP contribution in [0.2, 0.25) is 0 Å². The fourth-order valence-corrected chi connectivity index (χ4v) is 7.59. The number of hydrogen-bond acceptors (Lipinski definition) is 6. The van der Waals surface area contributed by atoms with Crippen LogP contribution in [0.5, 0.6) is 28.7 Å². The zero-order chi connectivity index (χ0) is 40.7. The molecule has 8 nitrogen and oxygen atoms in total. The molecular weight excluding hydrogens is 723 g/mol. The Labute approximate surface area is 335 Å². The summed E-state index contributed by atoms with van der Waals surface area (Å²) in [5.41, 5.74) is 10.7. The van der Waals surface area contributed by atoms with E-state index in [2.05, 4.69) is 115 Å². The molecule has 7 aromatic carbocycles. The highest BCUT2D eigenvalue weighted by Gasteiger charge is 2.25. The number of phenols is 5. The molecule has 0 aliphatic carbocycles. The molecule has 0 aliphatic rings. The number of hydrogen-bond donors (Lipinski definition) is 5. The Balaban J connectivity index is 1.20. The standard InChI is InChI=1S/C50H39N3O5/c1-5-36-38(30(3)51-50(33-17-10-7-11-18-33)52-31(4)44-45(54)47(56)49(58)48(57)46(44)55)20-14-21-39(36)37-25-24-35(27-29(37)2)53-42-22-13-12-19-40(42)41-28-34(23-26-43(41)53)32-15-8-6-9-16-32/h5-28,54-58H,1,3H2,2,4H3. The summed E-state index contributed by atoms with van der Waals surface area (Å²) in [6.07, 6.45) is 1.78. The van der Waals surface area contributed by atoms with Crippen LogP contribution in [-0.4, -0.2) is 41.6 Å². The van der Waals surface area contributed by atoms with Crippen LogP contribution < -0.4 is 0 Å². The lowest BCUT2D eigenvalue weighted by molar-refractivity contribution is 0.327. The third kappa shape index (κ3) is 6.42. The average molecular weight is 762 g/mol. The third-order valence-electron chi connectivity index (χ3n) is 10.4. The van der Waals surface area contributed by atoms with Crippen molar-refractivity contribution in [2.24, 2.45) is 9.98 Å². The van der Waals surface area contributed by atoms with Gasteiger partial charge in [-0.25, -0.2) is 9.98 Å². The number of benzene rings is 7. The largest absolute Gasteiger partial charge is 0.504 e. The Morgan fingerprint density at radius 3 is 1.91 bits per heavy atom. The number of phenolic OH excluding ortho intramolecular Hbond substituents is 5. The van der Waals surface area contributed by atoms with E-state index in [1.165, 1.54) is 28.8 Å². The van der Waals surface area contributed by atoms with Gasteiger partial charge in [-0.2, -0.15) is 0 Å². The number of rotatable bonds is 8. The van der Waals surface area contributed by atoms with Crippen molar-refractivity contribution in [2.45, 2.75) is 13.8 Å². The summed E-state index contributed by atoms with van der Waals surface area (Å²) in [4.78, 5) is 9.46. The second-order valence-electron chi connectivity index (χ2n) is 14.0. The van der Waals surface area contributed by atoms with Crippen molar-refractivity contribution in [3.8, 4) is 56.7 Å². The monoisotopic (exact) mass is 761 g/mol. The van der Waals surface area contributed by atoms with E-state index >= 15 is 0 Å². The number of aliphatic imine (C=N–C) groups is 2. The first kappa shape index (κ1) is 37.1. The van der Waals surface area contributed by atoms with E-state index in [0.717, 1.165) is 39.0 Å². The molecule has 8 aromatic rings. The van der Waals surface area contributed by atoms with Gasteiger partial charge in [0.25, 0.3) is 0 Å². The van der Waals surface area contributed by atoms with Crippen LogP contribution in [0, 0.1) is 6.92 Å². The molecule has 5 N–H and O–H groups in total. The molecule has 1 heterocycles. The second-order valence-corrected chi connectivity index (χ2v) is 14.0. The van der Waals surface area contributed by atoms with Crippen molar-refractivity contribution in [3.63, 3.8) is 0 Å². The number of amidine groups is 1. The Morgan fingerprint density at radius 2 is 1.22 bits per heavy atom. The van der Waals surface area contributed by atoms with E-state index < -0.39 is 28.7 Å². The molecule has 284 valence electrons. The molecule has 0 saturated heterocycles. The fourth-order valence-electron chi connectivity index (χ4n) is 7.59. The van der Waals surface area contributed by atoms with E-state index in [-0.39, 0.29) is 17.1 Å². The highest BCUT2D eigenvalue weighted by atomic mass is 16.4. The van der Waals surface area contributed by atoms with Crippen molar-refractivity contribution in [1.82, 2.24) is 4.57 Å². The van der Waals surface area contributed by atoms with E-state index in [0.29, 0.717) is 16.8 Å². The molecule has 0 amide bonds. The molecule has 1 aromatic heterocycles. The van der Waals surface area contributed by atoms with Gasteiger partial charge in [0.05, 0.1) is 28.0 Å². The van der Waals surface area contributed by atoms with Gasteiger partial charge in [-0.05, 0) is 77.6 Å². The molecule has 0 atom stereocenters. The molecule has 58 heavy (non-hydrogen) atoms. The van der Waals surface area contributed by atoms with Crippen LogP contribution in [0.25, 0.3) is 61.5 Å². The van der Waals surface area contributed by atoms with Crippen LogP contribution in [-0.2, 0) is 0 Å². The van der Waals surface area contributed by atoms with Gasteiger partial charge in [0.2, 0.25) is 17.2 Å². The number of aryl methyl sites for hydroxylation is 1. The molecule has 0 aliphatic heterocycles. The molecule has 0 radical (unpaired) electrons. The third-order valence-corrected chi connectivity index (χ3v) is 10.4. The summed E-state index contributed by atoms with van der Waals surface area (Å²) in [6, 6.07) is 47.0. The number of aromatic hydroxyl groups is 5. The minimum atomic E-state index is -1.05. The van der Waals surface area contributed by atoms with Crippen molar-refractivity contribution in [3.05, 3.63) is 181 Å². The maximum Gasteiger partial charge on any atom is 0.208 e. The van der Waals surface area contributed by atoms with Crippen LogP contribution >= 0.6 is 0 Å². The quantitative estimate of drug-likeness (QED) is 0.0455. The summed E-state index contributed by atoms with van der Waals surface area (Å²) in [7, 11) is 0. The first-order valence-electron chi connectivity index (χ1n) is 18.6. The van der Waals surface area contributed by atoms with Crippen molar-refractivity contribution < 1.29 is 25.5 Å². The molecule has 0 fully saturated rings. The van der Waals surface area contributed by atoms with E-state index in [9.17, 15) is 25.5 Å². The zero-order valence-electron chi connectivity index (χ0n) is 31.8. The predicted molar refractivity (Wildman–Crippen MR) is 235 cm³/mol. The van der Waals surface area contributed by atoms with Crippen molar-refractivity contribution in [1.29, 1.82) is 0 Å². The van der Waals surface area contributed by atoms with Crippen LogP contribution in [0.4, 0.5) is 0 Å². The van der Waals surface area contributed by atoms with E-state index in [1.54, 1.807) is 18.2 Å². The minimum Gasteiger partial charge on any atom is -0.504 e. The first-order valence-corrected chi connectivity index (χ1v) is 18.6. The van der Waals surface area contributed by atoms with Gasteiger partial charge in [-0.3, -0.25) is 0 Å². The van der Waals surface area contributed by atoms with E-state index in [1.807, 2.05) is 42.5 Å². The highest BCUT2D eigenvalue weighted by Crippen LogP contribution is 2.51.